The van der Waals surface area contributed by atoms with E-state index in [4.69, 9.17) is 0 Å². The average Bonchev–Trinajstić information content (AvgIpc) is 2.75. The zero-order chi connectivity index (χ0) is 12.3. The molecule has 0 bridgehead atoms. The third-order valence-electron chi connectivity index (χ3n) is 3.55. The van der Waals surface area contributed by atoms with Crippen molar-refractivity contribution in [1.82, 2.24) is 19.8 Å². The summed E-state index contributed by atoms with van der Waals surface area (Å²) in [7, 11) is 0. The molecule has 2 heterocycles. The van der Waals surface area contributed by atoms with Crippen molar-refractivity contribution < 1.29 is 0 Å². The summed E-state index contributed by atoms with van der Waals surface area (Å²) in [5.41, 5.74) is 0. The summed E-state index contributed by atoms with van der Waals surface area (Å²) in [5, 5.41) is 3.58. The molecule has 1 aromatic rings. The maximum absolute atomic E-state index is 4.41. The highest BCUT2D eigenvalue weighted by atomic mass is 15.2. The molecule has 2 rings (SSSR count). The van der Waals surface area contributed by atoms with Gasteiger partial charge in [-0.25, -0.2) is 4.98 Å². The maximum Gasteiger partial charge on any atom is 0.122 e. The predicted molar refractivity (Wildman–Crippen MR) is 69.8 cm³/mol. The monoisotopic (exact) mass is 236 g/mol. The Hall–Kier alpha value is -0.870. The van der Waals surface area contributed by atoms with Crippen LogP contribution in [0.15, 0.2) is 12.4 Å². The molecule has 0 saturated carbocycles. The van der Waals surface area contributed by atoms with Gasteiger partial charge in [-0.15, -0.1) is 0 Å². The van der Waals surface area contributed by atoms with Gasteiger partial charge in [-0.3, -0.25) is 4.90 Å². The summed E-state index contributed by atoms with van der Waals surface area (Å²) in [4.78, 5) is 6.92. The van der Waals surface area contributed by atoms with E-state index in [0.29, 0.717) is 12.0 Å². The number of hydrogen-bond acceptors (Lipinski definition) is 3. The Morgan fingerprint density at radius 3 is 2.94 bits per heavy atom. The van der Waals surface area contributed by atoms with Gasteiger partial charge in [0, 0.05) is 38.1 Å². The molecule has 0 aromatic carbocycles. The Kier molecular flexibility index (Phi) is 4.18. The molecule has 1 N–H and O–H groups in total. The molecule has 0 aliphatic carbocycles. The molecular weight excluding hydrogens is 212 g/mol. The highest BCUT2D eigenvalue weighted by Gasteiger charge is 2.21. The quantitative estimate of drug-likeness (QED) is 0.837. The highest BCUT2D eigenvalue weighted by Crippen LogP contribution is 2.12. The van der Waals surface area contributed by atoms with Crippen LogP contribution in [0.5, 0.6) is 0 Å². The first-order valence-electron chi connectivity index (χ1n) is 6.66. The molecule has 4 nitrogen and oxygen atoms in total. The van der Waals surface area contributed by atoms with E-state index in [-0.39, 0.29) is 0 Å². The molecule has 17 heavy (non-hydrogen) atoms. The number of aromatic nitrogens is 2. The Morgan fingerprint density at radius 2 is 2.24 bits per heavy atom. The summed E-state index contributed by atoms with van der Waals surface area (Å²) in [6.45, 7) is 12.1. The van der Waals surface area contributed by atoms with Crippen LogP contribution >= 0.6 is 0 Å². The molecule has 96 valence electrons. The molecule has 1 aromatic heterocycles. The molecule has 0 spiro atoms. The van der Waals surface area contributed by atoms with E-state index in [0.717, 1.165) is 32.7 Å². The van der Waals surface area contributed by atoms with Crippen LogP contribution in [0.4, 0.5) is 0 Å². The van der Waals surface area contributed by atoms with Crippen molar-refractivity contribution in [2.45, 2.75) is 39.9 Å². The Labute approximate surface area is 104 Å². The topological polar surface area (TPSA) is 33.1 Å². The van der Waals surface area contributed by atoms with Crippen molar-refractivity contribution in [1.29, 1.82) is 0 Å². The molecule has 1 aliphatic heterocycles. The van der Waals surface area contributed by atoms with Gasteiger partial charge < -0.3 is 9.88 Å². The third kappa shape index (κ3) is 3.07. The molecule has 1 aliphatic rings. The molecule has 0 amide bonds. The van der Waals surface area contributed by atoms with Gasteiger partial charge in [-0.1, -0.05) is 20.8 Å². The van der Waals surface area contributed by atoms with Crippen molar-refractivity contribution in [2.75, 3.05) is 19.6 Å². The van der Waals surface area contributed by atoms with E-state index in [1.54, 1.807) is 0 Å². The molecule has 0 radical (unpaired) electrons. The van der Waals surface area contributed by atoms with Crippen LogP contribution in [-0.2, 0) is 13.1 Å². The maximum atomic E-state index is 4.41. The lowest BCUT2D eigenvalue weighted by Gasteiger charge is -2.32. The lowest BCUT2D eigenvalue weighted by molar-refractivity contribution is 0.179. The van der Waals surface area contributed by atoms with Gasteiger partial charge in [-0.2, -0.15) is 0 Å². The fourth-order valence-electron chi connectivity index (χ4n) is 2.43. The standard InChI is InChI=1S/C13H24N4/c1-4-14-12(11(2)3)9-16-7-8-17-6-5-15-13(17)10-16/h5-6,11-12,14H,4,7-10H2,1-3H3. The Morgan fingerprint density at radius 1 is 1.41 bits per heavy atom. The first-order chi connectivity index (χ1) is 8.20. The summed E-state index contributed by atoms with van der Waals surface area (Å²) < 4.78 is 2.26. The van der Waals surface area contributed by atoms with Crippen LogP contribution < -0.4 is 5.32 Å². The van der Waals surface area contributed by atoms with Gasteiger partial charge >= 0.3 is 0 Å². The summed E-state index contributed by atoms with van der Waals surface area (Å²) >= 11 is 0. The Balaban J connectivity index is 1.92. The van der Waals surface area contributed by atoms with Crippen molar-refractivity contribution in [3.05, 3.63) is 18.2 Å². The zero-order valence-corrected chi connectivity index (χ0v) is 11.2. The molecule has 1 atom stereocenters. The summed E-state index contributed by atoms with van der Waals surface area (Å²) in [5.74, 6) is 1.88. The SMILES string of the molecule is CCNC(CN1CCn2ccnc2C1)C(C)C. The zero-order valence-electron chi connectivity index (χ0n) is 11.2. The number of nitrogens with one attached hydrogen (secondary N) is 1. The molecule has 0 saturated heterocycles. The second kappa shape index (κ2) is 5.65. The number of nitrogens with zero attached hydrogens (tertiary/aromatic N) is 3. The predicted octanol–water partition coefficient (Wildman–Crippen LogP) is 1.33. The normalized spacial score (nSPS) is 18.4. The average molecular weight is 236 g/mol. The van der Waals surface area contributed by atoms with Crippen molar-refractivity contribution >= 4 is 0 Å². The third-order valence-corrected chi connectivity index (χ3v) is 3.55. The van der Waals surface area contributed by atoms with Crippen LogP contribution in [0.3, 0.4) is 0 Å². The number of fused-ring (bicyclic) bond motifs is 1. The van der Waals surface area contributed by atoms with Crippen molar-refractivity contribution in [2.24, 2.45) is 5.92 Å². The molecule has 0 fully saturated rings. The van der Waals surface area contributed by atoms with Crippen LogP contribution in [0, 0.1) is 5.92 Å². The summed E-state index contributed by atoms with van der Waals surface area (Å²) in [6, 6.07) is 0.585. The van der Waals surface area contributed by atoms with Crippen LogP contribution in [0.2, 0.25) is 0 Å². The summed E-state index contributed by atoms with van der Waals surface area (Å²) in [6.07, 6.45) is 3.99. The second-order valence-electron chi connectivity index (χ2n) is 5.18. The lowest BCUT2D eigenvalue weighted by Crippen LogP contribution is -2.46. The van der Waals surface area contributed by atoms with Gasteiger partial charge in [0.05, 0.1) is 6.54 Å². The number of hydrogen-bond donors (Lipinski definition) is 1. The first-order valence-corrected chi connectivity index (χ1v) is 6.66. The van der Waals surface area contributed by atoms with Gasteiger partial charge in [0.1, 0.15) is 5.82 Å². The van der Waals surface area contributed by atoms with E-state index in [9.17, 15) is 0 Å². The number of rotatable bonds is 5. The van der Waals surface area contributed by atoms with Crippen molar-refractivity contribution in [3.63, 3.8) is 0 Å². The molecule has 1 unspecified atom stereocenters. The van der Waals surface area contributed by atoms with Crippen molar-refractivity contribution in [3.8, 4) is 0 Å². The minimum atomic E-state index is 0.585. The number of likely N-dealkylation sites (N-methyl/N-ethyl adjacent to an activating group) is 1. The largest absolute Gasteiger partial charge is 0.333 e. The fourth-order valence-corrected chi connectivity index (χ4v) is 2.43. The second-order valence-corrected chi connectivity index (χ2v) is 5.18. The lowest BCUT2D eigenvalue weighted by atomic mass is 10.0. The van der Waals surface area contributed by atoms with Crippen LogP contribution in [0.25, 0.3) is 0 Å². The Bertz CT molecular complexity index is 345. The van der Waals surface area contributed by atoms with E-state index in [1.807, 2.05) is 6.20 Å². The van der Waals surface area contributed by atoms with E-state index >= 15 is 0 Å². The van der Waals surface area contributed by atoms with E-state index in [1.165, 1.54) is 5.82 Å². The smallest absolute Gasteiger partial charge is 0.122 e. The molecule has 4 heteroatoms. The van der Waals surface area contributed by atoms with Gasteiger partial charge in [0.2, 0.25) is 0 Å². The van der Waals surface area contributed by atoms with Crippen LogP contribution in [0.1, 0.15) is 26.6 Å². The molecular formula is C13H24N4. The highest BCUT2D eigenvalue weighted by molar-refractivity contribution is 4.96. The van der Waals surface area contributed by atoms with Gasteiger partial charge in [0.15, 0.2) is 0 Å². The van der Waals surface area contributed by atoms with Gasteiger partial charge in [0.25, 0.3) is 0 Å². The minimum Gasteiger partial charge on any atom is -0.333 e. The fraction of sp³-hybridized carbons (Fsp3) is 0.769. The van der Waals surface area contributed by atoms with E-state index < -0.39 is 0 Å². The first kappa shape index (κ1) is 12.6. The minimum absolute atomic E-state index is 0.585. The number of imidazole rings is 1. The van der Waals surface area contributed by atoms with Gasteiger partial charge in [-0.05, 0) is 12.5 Å². The van der Waals surface area contributed by atoms with Crippen LogP contribution in [-0.4, -0.2) is 40.1 Å². The van der Waals surface area contributed by atoms with E-state index in [2.05, 4.69) is 46.7 Å².